The molecule has 126 valence electrons. The second-order valence-electron chi connectivity index (χ2n) is 4.94. The fourth-order valence-corrected chi connectivity index (χ4v) is 2.70. The van der Waals surface area contributed by atoms with Crippen LogP contribution in [0.5, 0.6) is 11.5 Å². The molecular formula is C18H18BrNO4. The number of aromatic carboxylic acids is 1. The van der Waals surface area contributed by atoms with Crippen molar-refractivity contribution in [3.05, 3.63) is 64.7 Å². The Morgan fingerprint density at radius 3 is 2.62 bits per heavy atom. The molecule has 0 aliphatic rings. The van der Waals surface area contributed by atoms with E-state index < -0.39 is 5.97 Å². The third-order valence-corrected chi connectivity index (χ3v) is 3.85. The summed E-state index contributed by atoms with van der Waals surface area (Å²) in [5.41, 5.74) is 2.09. The number of methoxy groups -OCH3 is 1. The number of anilines is 1. The van der Waals surface area contributed by atoms with Crippen LogP contribution in [0.4, 0.5) is 5.69 Å². The van der Waals surface area contributed by atoms with Crippen LogP contribution in [0.2, 0.25) is 0 Å². The van der Waals surface area contributed by atoms with E-state index in [2.05, 4.69) is 27.8 Å². The summed E-state index contributed by atoms with van der Waals surface area (Å²) < 4.78 is 11.8. The summed E-state index contributed by atoms with van der Waals surface area (Å²) in [6, 6.07) is 10.4. The van der Waals surface area contributed by atoms with Gasteiger partial charge in [0.1, 0.15) is 6.61 Å². The molecule has 0 aliphatic heterocycles. The van der Waals surface area contributed by atoms with Crippen LogP contribution in [0.1, 0.15) is 15.9 Å². The number of hydrogen-bond donors (Lipinski definition) is 2. The lowest BCUT2D eigenvalue weighted by Crippen LogP contribution is -2.03. The standard InChI is InChI=1S/C18H18BrNO4/c1-3-8-24-17-15(19)9-12(10-16(17)23-2)11-20-14-6-4-13(5-7-14)18(21)22/h3-7,9-10,20H,1,8,11H2,2H3,(H,21,22). The first-order chi connectivity index (χ1) is 11.5. The van der Waals surface area contributed by atoms with Crippen LogP contribution < -0.4 is 14.8 Å². The number of benzene rings is 2. The highest BCUT2D eigenvalue weighted by atomic mass is 79.9. The summed E-state index contributed by atoms with van der Waals surface area (Å²) in [6.45, 7) is 4.58. The lowest BCUT2D eigenvalue weighted by molar-refractivity contribution is 0.0697. The van der Waals surface area contributed by atoms with E-state index in [1.807, 2.05) is 12.1 Å². The van der Waals surface area contributed by atoms with Crippen LogP contribution in [-0.4, -0.2) is 24.8 Å². The number of nitrogens with one attached hydrogen (secondary N) is 1. The van der Waals surface area contributed by atoms with Crippen LogP contribution in [0.3, 0.4) is 0 Å². The highest BCUT2D eigenvalue weighted by molar-refractivity contribution is 9.10. The first-order valence-electron chi connectivity index (χ1n) is 7.22. The van der Waals surface area contributed by atoms with Crippen molar-refractivity contribution in [1.29, 1.82) is 0 Å². The summed E-state index contributed by atoms with van der Waals surface area (Å²) in [5, 5.41) is 12.1. The molecule has 2 rings (SSSR count). The largest absolute Gasteiger partial charge is 0.493 e. The quantitative estimate of drug-likeness (QED) is 0.655. The lowest BCUT2D eigenvalue weighted by atomic mass is 10.1. The van der Waals surface area contributed by atoms with E-state index in [-0.39, 0.29) is 5.56 Å². The van der Waals surface area contributed by atoms with Crippen LogP contribution in [0.15, 0.2) is 53.5 Å². The zero-order chi connectivity index (χ0) is 17.5. The average Bonchev–Trinajstić information content (AvgIpc) is 2.58. The van der Waals surface area contributed by atoms with E-state index in [0.29, 0.717) is 24.7 Å². The van der Waals surface area contributed by atoms with Crippen LogP contribution in [0.25, 0.3) is 0 Å². The number of carboxylic acid groups (broad SMARTS) is 1. The van der Waals surface area contributed by atoms with Crippen molar-refractivity contribution in [3.63, 3.8) is 0 Å². The van der Waals surface area contributed by atoms with E-state index in [1.54, 1.807) is 37.5 Å². The van der Waals surface area contributed by atoms with Crippen molar-refractivity contribution in [2.24, 2.45) is 0 Å². The zero-order valence-corrected chi connectivity index (χ0v) is 14.8. The molecule has 5 nitrogen and oxygen atoms in total. The molecule has 0 spiro atoms. The maximum absolute atomic E-state index is 10.8. The van der Waals surface area contributed by atoms with Crippen LogP contribution in [-0.2, 0) is 6.54 Å². The molecule has 0 saturated carbocycles. The molecule has 0 aliphatic carbocycles. The summed E-state index contributed by atoms with van der Waals surface area (Å²) in [6.07, 6.45) is 1.67. The van der Waals surface area contributed by atoms with Crippen molar-refractivity contribution in [1.82, 2.24) is 0 Å². The van der Waals surface area contributed by atoms with Gasteiger partial charge in [0, 0.05) is 12.2 Å². The van der Waals surface area contributed by atoms with Gasteiger partial charge in [-0.3, -0.25) is 0 Å². The number of hydrogen-bond acceptors (Lipinski definition) is 4. The Kier molecular flexibility index (Phi) is 6.26. The minimum Gasteiger partial charge on any atom is -0.493 e. The average molecular weight is 392 g/mol. The van der Waals surface area contributed by atoms with Crippen molar-refractivity contribution in [2.75, 3.05) is 19.0 Å². The molecule has 24 heavy (non-hydrogen) atoms. The second kappa shape index (κ2) is 8.40. The number of rotatable bonds is 8. The van der Waals surface area contributed by atoms with Gasteiger partial charge in [-0.15, -0.1) is 0 Å². The molecule has 0 amide bonds. The Morgan fingerprint density at radius 1 is 1.33 bits per heavy atom. The van der Waals surface area contributed by atoms with Crippen molar-refractivity contribution in [2.45, 2.75) is 6.54 Å². The molecule has 2 N–H and O–H groups in total. The highest BCUT2D eigenvalue weighted by Gasteiger charge is 2.11. The lowest BCUT2D eigenvalue weighted by Gasteiger charge is -2.14. The van der Waals surface area contributed by atoms with E-state index in [9.17, 15) is 4.79 Å². The number of carbonyl (C=O) groups is 1. The Morgan fingerprint density at radius 2 is 2.04 bits per heavy atom. The molecule has 2 aromatic carbocycles. The minimum atomic E-state index is -0.940. The van der Waals surface area contributed by atoms with Crippen molar-refractivity contribution < 1.29 is 19.4 Å². The molecule has 6 heteroatoms. The molecule has 0 fully saturated rings. The van der Waals surface area contributed by atoms with E-state index in [0.717, 1.165) is 15.7 Å². The first kappa shape index (κ1) is 17.9. The molecule has 0 heterocycles. The molecular weight excluding hydrogens is 374 g/mol. The van der Waals surface area contributed by atoms with Gasteiger partial charge in [0.25, 0.3) is 0 Å². The topological polar surface area (TPSA) is 67.8 Å². The Labute approximate surface area is 149 Å². The maximum Gasteiger partial charge on any atom is 0.335 e. The van der Waals surface area contributed by atoms with E-state index >= 15 is 0 Å². The monoisotopic (exact) mass is 391 g/mol. The van der Waals surface area contributed by atoms with E-state index in [1.165, 1.54) is 0 Å². The summed E-state index contributed by atoms with van der Waals surface area (Å²) >= 11 is 3.49. The number of halogens is 1. The maximum atomic E-state index is 10.8. The van der Waals surface area contributed by atoms with Crippen LogP contribution >= 0.6 is 15.9 Å². The van der Waals surface area contributed by atoms with Gasteiger partial charge in [0.15, 0.2) is 11.5 Å². The summed E-state index contributed by atoms with van der Waals surface area (Å²) in [7, 11) is 1.59. The van der Waals surface area contributed by atoms with E-state index in [4.69, 9.17) is 14.6 Å². The minimum absolute atomic E-state index is 0.258. The van der Waals surface area contributed by atoms with Crippen molar-refractivity contribution in [3.8, 4) is 11.5 Å². The summed E-state index contributed by atoms with van der Waals surface area (Å²) in [4.78, 5) is 10.8. The van der Waals surface area contributed by atoms with Gasteiger partial charge in [-0.1, -0.05) is 12.7 Å². The Hall–Kier alpha value is -2.47. The highest BCUT2D eigenvalue weighted by Crippen LogP contribution is 2.36. The third kappa shape index (κ3) is 4.52. The fourth-order valence-electron chi connectivity index (χ4n) is 2.09. The Bertz CT molecular complexity index is 729. The molecule has 0 atom stereocenters. The van der Waals surface area contributed by atoms with Crippen molar-refractivity contribution >= 4 is 27.6 Å². The first-order valence-corrected chi connectivity index (χ1v) is 8.01. The van der Waals surface area contributed by atoms with Gasteiger partial charge in [-0.25, -0.2) is 4.79 Å². The predicted octanol–water partition coefficient (Wildman–Crippen LogP) is 4.33. The molecule has 0 unspecified atom stereocenters. The van der Waals surface area contributed by atoms with Gasteiger partial charge in [0.2, 0.25) is 0 Å². The molecule has 0 radical (unpaired) electrons. The molecule has 0 bridgehead atoms. The summed E-state index contributed by atoms with van der Waals surface area (Å²) in [5.74, 6) is 0.321. The molecule has 0 aromatic heterocycles. The molecule has 2 aromatic rings. The van der Waals surface area contributed by atoms with Gasteiger partial charge in [0.05, 0.1) is 17.1 Å². The fraction of sp³-hybridized carbons (Fsp3) is 0.167. The third-order valence-electron chi connectivity index (χ3n) is 3.26. The van der Waals surface area contributed by atoms with Gasteiger partial charge in [-0.2, -0.15) is 0 Å². The molecule has 0 saturated heterocycles. The second-order valence-corrected chi connectivity index (χ2v) is 5.80. The number of carboxylic acids is 1. The zero-order valence-electron chi connectivity index (χ0n) is 13.2. The predicted molar refractivity (Wildman–Crippen MR) is 97.1 cm³/mol. The smallest absolute Gasteiger partial charge is 0.335 e. The normalized spacial score (nSPS) is 10.1. The van der Waals surface area contributed by atoms with Crippen LogP contribution in [0, 0.1) is 0 Å². The Balaban J connectivity index is 2.10. The van der Waals surface area contributed by atoms with Gasteiger partial charge in [-0.05, 0) is 57.9 Å². The van der Waals surface area contributed by atoms with Gasteiger partial charge >= 0.3 is 5.97 Å². The SMILES string of the molecule is C=CCOc1c(Br)cc(CNc2ccc(C(=O)O)cc2)cc1OC. The van der Waals surface area contributed by atoms with Gasteiger partial charge < -0.3 is 19.9 Å². The number of ether oxygens (including phenoxy) is 2.